The largest absolute Gasteiger partial charge is 0.446 e. The average molecular weight is 332 g/mol. The second kappa shape index (κ2) is 6.40. The van der Waals surface area contributed by atoms with Crippen LogP contribution in [0.3, 0.4) is 0 Å². The van der Waals surface area contributed by atoms with Crippen LogP contribution >= 0.6 is 0 Å². The maximum Gasteiger partial charge on any atom is 0.412 e. The van der Waals surface area contributed by atoms with Crippen LogP contribution in [0.2, 0.25) is 0 Å². The number of benzene rings is 1. The standard InChI is InChI=1S/C20H29NO3/c1-19(2)14-23-20(3,4)21(19)18(22)24-17-12-8-11-16(17)13-15-9-6-5-7-10-15/h5-7,9-10,16-17H,8,11-14H2,1-4H3/t16-,17+/m0/s1/i13D/t13-,16-,17+. The lowest BCUT2D eigenvalue weighted by atomic mass is 9.96. The van der Waals surface area contributed by atoms with Crippen molar-refractivity contribution in [3.05, 3.63) is 35.9 Å². The number of nitrogens with zero attached hydrogens (tertiary/aromatic N) is 1. The van der Waals surface area contributed by atoms with Gasteiger partial charge < -0.3 is 9.47 Å². The van der Waals surface area contributed by atoms with Crippen LogP contribution in [0.5, 0.6) is 0 Å². The molecule has 0 aromatic heterocycles. The molecule has 1 aliphatic heterocycles. The highest BCUT2D eigenvalue weighted by Crippen LogP contribution is 2.37. The highest BCUT2D eigenvalue weighted by Gasteiger charge is 2.50. The summed E-state index contributed by atoms with van der Waals surface area (Å²) in [6.45, 7) is 8.27. The molecule has 1 aliphatic carbocycles. The number of carbonyl (C=O) groups is 1. The molecule has 2 fully saturated rings. The second-order valence-electron chi connectivity index (χ2n) is 7.98. The van der Waals surface area contributed by atoms with E-state index in [2.05, 4.69) is 0 Å². The fourth-order valence-corrected chi connectivity index (χ4v) is 3.96. The van der Waals surface area contributed by atoms with Crippen molar-refractivity contribution in [1.29, 1.82) is 0 Å². The molecule has 1 heterocycles. The van der Waals surface area contributed by atoms with Crippen molar-refractivity contribution in [1.82, 2.24) is 4.90 Å². The second-order valence-corrected chi connectivity index (χ2v) is 7.98. The van der Waals surface area contributed by atoms with E-state index in [1.54, 1.807) is 4.90 Å². The Hall–Kier alpha value is -1.55. The zero-order chi connectivity index (χ0) is 18.2. The van der Waals surface area contributed by atoms with Gasteiger partial charge in [0.05, 0.1) is 12.1 Å². The van der Waals surface area contributed by atoms with Crippen LogP contribution in [-0.4, -0.2) is 35.0 Å². The monoisotopic (exact) mass is 332 g/mol. The summed E-state index contributed by atoms with van der Waals surface area (Å²) in [6.07, 6.45) is 1.84. The zero-order valence-corrected chi connectivity index (χ0v) is 15.1. The molecule has 0 spiro atoms. The van der Waals surface area contributed by atoms with E-state index in [0.717, 1.165) is 24.8 Å². The molecule has 0 radical (unpaired) electrons. The van der Waals surface area contributed by atoms with Gasteiger partial charge in [-0.3, -0.25) is 4.90 Å². The lowest BCUT2D eigenvalue weighted by molar-refractivity contribution is -0.0611. The van der Waals surface area contributed by atoms with Crippen molar-refractivity contribution >= 4 is 6.09 Å². The van der Waals surface area contributed by atoms with Crippen LogP contribution in [0.15, 0.2) is 30.3 Å². The predicted octanol–water partition coefficient (Wildman–Crippen LogP) is 4.38. The molecule has 4 nitrogen and oxygen atoms in total. The minimum atomic E-state index is -0.672. The third-order valence-electron chi connectivity index (χ3n) is 5.07. The van der Waals surface area contributed by atoms with Gasteiger partial charge in [0.25, 0.3) is 0 Å². The molecule has 1 saturated heterocycles. The highest BCUT2D eigenvalue weighted by atomic mass is 16.6. The molecule has 24 heavy (non-hydrogen) atoms. The van der Waals surface area contributed by atoms with E-state index in [9.17, 15) is 4.79 Å². The number of ether oxygens (including phenoxy) is 2. The summed E-state index contributed by atoms with van der Waals surface area (Å²) in [5.74, 6) is 0.0427. The van der Waals surface area contributed by atoms with Crippen LogP contribution in [0, 0.1) is 5.92 Å². The highest BCUT2D eigenvalue weighted by molar-refractivity contribution is 5.70. The van der Waals surface area contributed by atoms with Gasteiger partial charge in [-0.25, -0.2) is 4.79 Å². The van der Waals surface area contributed by atoms with Crippen LogP contribution < -0.4 is 0 Å². The molecule has 1 amide bonds. The first-order valence-corrected chi connectivity index (χ1v) is 8.84. The van der Waals surface area contributed by atoms with Crippen LogP contribution in [-0.2, 0) is 15.9 Å². The third kappa shape index (κ3) is 3.44. The van der Waals surface area contributed by atoms with Gasteiger partial charge >= 0.3 is 6.09 Å². The number of rotatable bonds is 3. The molecule has 132 valence electrons. The Bertz CT molecular complexity index is 601. The smallest absolute Gasteiger partial charge is 0.412 e. The van der Waals surface area contributed by atoms with Gasteiger partial charge in [-0.05, 0) is 58.9 Å². The maximum absolute atomic E-state index is 12.9. The Morgan fingerprint density at radius 2 is 2.00 bits per heavy atom. The van der Waals surface area contributed by atoms with E-state index in [-0.39, 0.29) is 24.5 Å². The topological polar surface area (TPSA) is 38.8 Å². The van der Waals surface area contributed by atoms with Gasteiger partial charge in [0.15, 0.2) is 0 Å². The fourth-order valence-electron chi connectivity index (χ4n) is 3.96. The minimum absolute atomic E-state index is 0.0427. The molecule has 3 rings (SSSR count). The molecule has 0 bridgehead atoms. The quantitative estimate of drug-likeness (QED) is 0.824. The Morgan fingerprint density at radius 3 is 2.62 bits per heavy atom. The van der Waals surface area contributed by atoms with Crippen LogP contribution in [0.1, 0.15) is 53.9 Å². The first kappa shape index (κ1) is 15.9. The zero-order valence-electron chi connectivity index (χ0n) is 16.1. The lowest BCUT2D eigenvalue weighted by Crippen LogP contribution is -2.53. The number of carbonyl (C=O) groups excluding carboxylic acids is 1. The van der Waals surface area contributed by atoms with Gasteiger partial charge in [-0.15, -0.1) is 0 Å². The summed E-state index contributed by atoms with van der Waals surface area (Å²) < 4.78 is 20.3. The SMILES string of the molecule is [2H][C@@H](c1ccccc1)[C@@H]1CCC[C@H]1OC(=O)N1C(C)(C)COC1(C)C. The van der Waals surface area contributed by atoms with Crippen molar-refractivity contribution in [3.63, 3.8) is 0 Å². The number of hydrogen-bond donors (Lipinski definition) is 0. The molecule has 4 heteroatoms. The Kier molecular flexibility index (Phi) is 4.25. The maximum atomic E-state index is 12.9. The fraction of sp³-hybridized carbons (Fsp3) is 0.650. The average Bonchev–Trinajstić information content (AvgIpc) is 3.09. The number of amides is 1. The Labute approximate surface area is 146 Å². The summed E-state index contributed by atoms with van der Waals surface area (Å²) >= 11 is 0. The normalized spacial score (nSPS) is 30.0. The van der Waals surface area contributed by atoms with Gasteiger partial charge in [-0.1, -0.05) is 30.3 Å². The molecule has 0 unspecified atom stereocenters. The molecular weight excluding hydrogens is 302 g/mol. The van der Waals surface area contributed by atoms with Crippen molar-refractivity contribution in [2.24, 2.45) is 5.92 Å². The van der Waals surface area contributed by atoms with E-state index >= 15 is 0 Å². The summed E-state index contributed by atoms with van der Waals surface area (Å²) in [6, 6.07) is 9.84. The van der Waals surface area contributed by atoms with E-state index in [4.69, 9.17) is 10.8 Å². The van der Waals surface area contributed by atoms with Crippen molar-refractivity contribution < 1.29 is 15.6 Å². The van der Waals surface area contributed by atoms with Gasteiger partial charge in [0.1, 0.15) is 11.8 Å². The summed E-state index contributed by atoms with van der Waals surface area (Å²) in [7, 11) is 0. The van der Waals surface area contributed by atoms with E-state index < -0.39 is 11.3 Å². The molecular formula is C20H29NO3. The van der Waals surface area contributed by atoms with Crippen molar-refractivity contribution in [3.8, 4) is 0 Å². The van der Waals surface area contributed by atoms with Crippen molar-refractivity contribution in [2.45, 2.75) is 70.7 Å². The molecule has 3 atom stereocenters. The Balaban J connectivity index is 1.72. The predicted molar refractivity (Wildman–Crippen MR) is 93.7 cm³/mol. The molecule has 1 saturated carbocycles. The van der Waals surface area contributed by atoms with Crippen molar-refractivity contribution in [2.75, 3.05) is 6.61 Å². The van der Waals surface area contributed by atoms with Gasteiger partial charge in [0, 0.05) is 7.29 Å². The summed E-state index contributed by atoms with van der Waals surface area (Å²) in [5, 5.41) is 0. The van der Waals surface area contributed by atoms with E-state index in [1.807, 2.05) is 58.0 Å². The summed E-state index contributed by atoms with van der Waals surface area (Å²) in [4.78, 5) is 14.6. The Morgan fingerprint density at radius 1 is 1.29 bits per heavy atom. The summed E-state index contributed by atoms with van der Waals surface area (Å²) in [5.41, 5.74) is -0.0798. The van der Waals surface area contributed by atoms with Gasteiger partial charge in [-0.2, -0.15) is 0 Å². The van der Waals surface area contributed by atoms with Crippen LogP contribution in [0.4, 0.5) is 4.79 Å². The van der Waals surface area contributed by atoms with E-state index in [0.29, 0.717) is 6.61 Å². The number of hydrogen-bond acceptors (Lipinski definition) is 3. The lowest BCUT2D eigenvalue weighted by Gasteiger charge is -2.38. The first-order valence-electron chi connectivity index (χ1n) is 9.42. The third-order valence-corrected chi connectivity index (χ3v) is 5.07. The first-order chi connectivity index (χ1) is 11.7. The molecule has 1 aromatic carbocycles. The van der Waals surface area contributed by atoms with Crippen LogP contribution in [0.25, 0.3) is 0 Å². The molecule has 1 aromatic rings. The van der Waals surface area contributed by atoms with E-state index in [1.165, 1.54) is 0 Å². The minimum Gasteiger partial charge on any atom is -0.446 e. The molecule has 2 aliphatic rings. The molecule has 0 N–H and O–H groups in total. The van der Waals surface area contributed by atoms with Gasteiger partial charge in [0.2, 0.25) is 0 Å².